The predicted molar refractivity (Wildman–Crippen MR) is 182 cm³/mol. The summed E-state index contributed by atoms with van der Waals surface area (Å²) >= 11 is 17.0. The van der Waals surface area contributed by atoms with Gasteiger partial charge < -0.3 is 0 Å². The molecule has 0 bridgehead atoms. The molecule has 0 spiro atoms. The fourth-order valence-electron chi connectivity index (χ4n) is 3.61. The van der Waals surface area contributed by atoms with E-state index in [4.69, 9.17) is 0 Å². The summed E-state index contributed by atoms with van der Waals surface area (Å²) < 4.78 is 2.07. The Hall–Kier alpha value is 2.02. The van der Waals surface area contributed by atoms with Gasteiger partial charge in [0.05, 0.1) is 18.3 Å². The highest BCUT2D eigenvalue weighted by Gasteiger charge is 2.29. The smallest absolute Gasteiger partial charge is 0.0754 e. The Kier molecular flexibility index (Phi) is 20.9. The molecule has 0 N–H and O–H groups in total. The molecular formula is C26H46S8. The molecule has 198 valence electrons. The summed E-state index contributed by atoms with van der Waals surface area (Å²) in [7, 11) is 0. The third-order valence-corrected chi connectivity index (χ3v) is 15.2. The highest BCUT2D eigenvalue weighted by atomic mass is 32.2. The number of hydrogen-bond acceptors (Lipinski definition) is 8. The van der Waals surface area contributed by atoms with Crippen LogP contribution >= 0.6 is 94.1 Å². The average molecular weight is 615 g/mol. The molecule has 1 aromatic rings. The van der Waals surface area contributed by atoms with Crippen LogP contribution in [0.1, 0.15) is 96.0 Å². The largest absolute Gasteiger partial charge is 0.143 e. The highest BCUT2D eigenvalue weighted by Crippen LogP contribution is 2.54. The van der Waals surface area contributed by atoms with Crippen LogP contribution in [0.4, 0.5) is 0 Å². The molecule has 0 heterocycles. The summed E-state index contributed by atoms with van der Waals surface area (Å²) in [5.74, 6) is 9.31. The van der Waals surface area contributed by atoms with Crippen LogP contribution in [0.3, 0.4) is 0 Å². The van der Waals surface area contributed by atoms with E-state index in [1.165, 1.54) is 0 Å². The Labute approximate surface area is 246 Å². The molecule has 0 atom stereocenters. The van der Waals surface area contributed by atoms with Crippen molar-refractivity contribution in [2.45, 2.75) is 73.7 Å². The predicted octanol–water partition coefficient (Wildman–Crippen LogP) is 11.7. The fraction of sp³-hybridized carbons (Fsp3) is 0.769. The van der Waals surface area contributed by atoms with Gasteiger partial charge in [0.15, 0.2) is 0 Å². The minimum atomic E-state index is 0.519. The molecule has 0 aliphatic heterocycles. The zero-order valence-electron chi connectivity index (χ0n) is 22.4. The molecule has 8 heteroatoms. The van der Waals surface area contributed by atoms with E-state index < -0.39 is 0 Å². The van der Waals surface area contributed by atoms with Gasteiger partial charge in [0, 0.05) is 0 Å². The summed E-state index contributed by atoms with van der Waals surface area (Å²) in [6.45, 7) is 18.5. The van der Waals surface area contributed by atoms with Crippen LogP contribution in [0.2, 0.25) is 0 Å². The molecule has 0 amide bonds. The number of hydrogen-bond donors (Lipinski definition) is 0. The first-order valence-corrected chi connectivity index (χ1v) is 21.1. The van der Waals surface area contributed by atoms with Crippen molar-refractivity contribution in [3.8, 4) is 0 Å². The van der Waals surface area contributed by atoms with Crippen LogP contribution in [0.15, 0.2) is 12.1 Å². The van der Waals surface area contributed by atoms with E-state index in [1.54, 1.807) is 22.3 Å². The van der Waals surface area contributed by atoms with Crippen molar-refractivity contribution in [3.05, 3.63) is 34.4 Å². The van der Waals surface area contributed by atoms with Crippen molar-refractivity contribution in [1.82, 2.24) is 0 Å². The lowest BCUT2D eigenvalue weighted by Gasteiger charge is -2.30. The van der Waals surface area contributed by atoms with Crippen LogP contribution in [0.25, 0.3) is 0 Å². The molecule has 0 radical (unpaired) electrons. The van der Waals surface area contributed by atoms with Gasteiger partial charge in [-0.05, 0) is 68.3 Å². The number of rotatable bonds is 20. The van der Waals surface area contributed by atoms with Gasteiger partial charge in [-0.25, -0.2) is 0 Å². The van der Waals surface area contributed by atoms with E-state index in [2.05, 4.69) is 162 Å². The summed E-state index contributed by atoms with van der Waals surface area (Å²) in [5, 5.41) is 0. The van der Waals surface area contributed by atoms with Crippen molar-refractivity contribution in [2.24, 2.45) is 0 Å². The Morgan fingerprint density at radius 2 is 0.500 bits per heavy atom. The molecule has 0 aromatic heterocycles. The topological polar surface area (TPSA) is 0 Å². The fourth-order valence-corrected chi connectivity index (χ4v) is 13.9. The highest BCUT2D eigenvalue weighted by molar-refractivity contribution is 8.17. The molecule has 1 aromatic carbocycles. The van der Waals surface area contributed by atoms with Crippen molar-refractivity contribution in [2.75, 3.05) is 46.0 Å². The minimum absolute atomic E-state index is 0.519. The normalized spacial score (nSPS) is 12.1. The van der Waals surface area contributed by atoms with Gasteiger partial charge in [-0.15, -0.1) is 94.1 Å². The summed E-state index contributed by atoms with van der Waals surface area (Å²) in [5.41, 5.74) is 6.41. The lowest BCUT2D eigenvalue weighted by Crippen LogP contribution is -2.09. The maximum atomic E-state index is 2.68. The molecule has 34 heavy (non-hydrogen) atoms. The molecule has 0 nitrogen and oxygen atoms in total. The maximum Gasteiger partial charge on any atom is 0.0754 e. The van der Waals surface area contributed by atoms with Gasteiger partial charge >= 0.3 is 0 Å². The Morgan fingerprint density at radius 1 is 0.353 bits per heavy atom. The Bertz CT molecular complexity index is 524. The Morgan fingerprint density at radius 3 is 0.618 bits per heavy atom. The first-order chi connectivity index (χ1) is 16.6. The van der Waals surface area contributed by atoms with Crippen LogP contribution in [0.5, 0.6) is 0 Å². The first-order valence-electron chi connectivity index (χ1n) is 12.7. The van der Waals surface area contributed by atoms with Gasteiger partial charge in [0.2, 0.25) is 0 Å². The summed E-state index contributed by atoms with van der Waals surface area (Å²) in [6.07, 6.45) is 0. The second-order valence-corrected chi connectivity index (χ2v) is 19.3. The zero-order chi connectivity index (χ0) is 25.3. The third-order valence-electron chi connectivity index (χ3n) is 4.85. The zero-order valence-corrected chi connectivity index (χ0v) is 28.9. The van der Waals surface area contributed by atoms with Gasteiger partial charge in [0.25, 0.3) is 0 Å². The average Bonchev–Trinajstić information content (AvgIpc) is 2.83. The molecule has 0 aliphatic rings. The first kappa shape index (κ1) is 34.0. The monoisotopic (exact) mass is 614 g/mol. The van der Waals surface area contributed by atoms with E-state index in [0.29, 0.717) is 18.3 Å². The molecule has 0 unspecified atom stereocenters. The van der Waals surface area contributed by atoms with Crippen LogP contribution in [-0.2, 0) is 0 Å². The summed E-state index contributed by atoms with van der Waals surface area (Å²) in [6, 6.07) is 5.35. The molecule has 0 fully saturated rings. The summed E-state index contributed by atoms with van der Waals surface area (Å²) in [4.78, 5) is 0. The van der Waals surface area contributed by atoms with E-state index in [-0.39, 0.29) is 0 Å². The van der Waals surface area contributed by atoms with E-state index in [9.17, 15) is 0 Å². The minimum Gasteiger partial charge on any atom is -0.143 e. The lowest BCUT2D eigenvalue weighted by atomic mass is 10.0. The van der Waals surface area contributed by atoms with Gasteiger partial charge in [-0.3, -0.25) is 0 Å². The van der Waals surface area contributed by atoms with Gasteiger partial charge in [-0.2, -0.15) is 0 Å². The SMILES string of the molecule is CCSC(SCC)c1cc(C(SCC)SCC)c(C(SCC)SCC)cc1C(SCC)SCC. The molecule has 0 saturated heterocycles. The lowest BCUT2D eigenvalue weighted by molar-refractivity contribution is 1.15. The maximum absolute atomic E-state index is 2.68. The third kappa shape index (κ3) is 11.0. The quantitative estimate of drug-likeness (QED) is 0.131. The van der Waals surface area contributed by atoms with Gasteiger partial charge in [-0.1, -0.05) is 67.5 Å². The van der Waals surface area contributed by atoms with E-state index >= 15 is 0 Å². The van der Waals surface area contributed by atoms with Crippen LogP contribution in [-0.4, -0.2) is 46.0 Å². The Balaban J connectivity index is 3.90. The molecule has 1 rings (SSSR count). The van der Waals surface area contributed by atoms with Crippen molar-refractivity contribution in [3.63, 3.8) is 0 Å². The van der Waals surface area contributed by atoms with Crippen LogP contribution < -0.4 is 0 Å². The molecule has 0 saturated carbocycles. The molecular weight excluding hydrogens is 569 g/mol. The number of benzene rings is 1. The second kappa shape index (κ2) is 20.9. The van der Waals surface area contributed by atoms with E-state index in [0.717, 1.165) is 46.0 Å². The van der Waals surface area contributed by atoms with Crippen molar-refractivity contribution in [1.29, 1.82) is 0 Å². The second-order valence-electron chi connectivity index (χ2n) is 7.08. The standard InChI is InChI=1S/C26H46S8/c1-9-27-23(28-10-2)19-17-21(25(31-13-5)32-14-6)22(26(33-15-7)34-16-8)18-20(19)24(29-11-3)30-12-4/h17-18,23-26H,9-16H2,1-8H3. The van der Waals surface area contributed by atoms with Crippen molar-refractivity contribution < 1.29 is 0 Å². The van der Waals surface area contributed by atoms with E-state index in [1.807, 2.05) is 0 Å². The van der Waals surface area contributed by atoms with Crippen LogP contribution in [0, 0.1) is 0 Å². The van der Waals surface area contributed by atoms with Gasteiger partial charge in [0.1, 0.15) is 0 Å². The molecule has 0 aliphatic carbocycles. The number of thioether (sulfide) groups is 8. The van der Waals surface area contributed by atoms with Crippen molar-refractivity contribution >= 4 is 94.1 Å².